The summed E-state index contributed by atoms with van der Waals surface area (Å²) in [4.78, 5) is 23.9. The summed E-state index contributed by atoms with van der Waals surface area (Å²) in [6.45, 7) is 6.19. The average molecular weight is 281 g/mol. The molecule has 1 spiro atoms. The minimum absolute atomic E-state index is 0.0455. The van der Waals surface area contributed by atoms with Crippen molar-refractivity contribution in [2.45, 2.75) is 64.1 Å². The van der Waals surface area contributed by atoms with Gasteiger partial charge in [-0.2, -0.15) is 0 Å². The molecule has 5 nitrogen and oxygen atoms in total. The number of amides is 1. The average Bonchev–Trinajstić information content (AvgIpc) is 2.63. The summed E-state index contributed by atoms with van der Waals surface area (Å²) in [5, 5.41) is 3.04. The topological polar surface area (TPSA) is 56.8 Å². The third kappa shape index (κ3) is 1.46. The van der Waals surface area contributed by atoms with Gasteiger partial charge in [-0.1, -0.05) is 13.8 Å². The Morgan fingerprint density at radius 3 is 2.75 bits per heavy atom. The second-order valence-corrected chi connectivity index (χ2v) is 7.26. The van der Waals surface area contributed by atoms with Gasteiger partial charge in [-0.05, 0) is 38.0 Å². The lowest BCUT2D eigenvalue weighted by molar-refractivity contribution is -0.538. The molecule has 4 saturated heterocycles. The number of hydrogen-bond donors (Lipinski definition) is 1. The summed E-state index contributed by atoms with van der Waals surface area (Å²) in [5.41, 5.74) is -0.499. The van der Waals surface area contributed by atoms with E-state index in [4.69, 9.17) is 14.5 Å². The van der Waals surface area contributed by atoms with E-state index in [1.807, 2.05) is 13.8 Å². The van der Waals surface area contributed by atoms with Gasteiger partial charge in [-0.3, -0.25) is 4.79 Å². The normalized spacial score (nSPS) is 57.8. The first-order chi connectivity index (χ1) is 9.46. The number of carbonyl (C=O) groups excluding carboxylic acids is 1. The molecule has 2 bridgehead atoms. The van der Waals surface area contributed by atoms with Crippen LogP contribution in [-0.2, 0) is 19.3 Å². The van der Waals surface area contributed by atoms with E-state index in [1.54, 1.807) is 0 Å². The highest BCUT2D eigenvalue weighted by Gasteiger charge is 2.68. The molecule has 1 N–H and O–H groups in total. The monoisotopic (exact) mass is 281 g/mol. The molecule has 0 aromatic carbocycles. The predicted molar refractivity (Wildman–Crippen MR) is 70.1 cm³/mol. The third-order valence-corrected chi connectivity index (χ3v) is 6.12. The van der Waals surface area contributed by atoms with Crippen LogP contribution in [0, 0.1) is 23.7 Å². The van der Waals surface area contributed by atoms with Gasteiger partial charge in [0, 0.05) is 18.3 Å². The van der Waals surface area contributed by atoms with Crippen LogP contribution >= 0.6 is 0 Å². The van der Waals surface area contributed by atoms with Gasteiger partial charge in [0.1, 0.15) is 0 Å². The van der Waals surface area contributed by atoms with Gasteiger partial charge in [-0.25, -0.2) is 9.78 Å². The van der Waals surface area contributed by atoms with E-state index in [2.05, 4.69) is 12.2 Å². The number of carbonyl (C=O) groups is 1. The molecule has 7 atom stereocenters. The molecule has 5 heteroatoms. The second kappa shape index (κ2) is 3.96. The van der Waals surface area contributed by atoms with Crippen molar-refractivity contribution in [3.63, 3.8) is 0 Å². The number of rotatable bonds is 0. The quantitative estimate of drug-likeness (QED) is 0.690. The van der Waals surface area contributed by atoms with E-state index in [-0.39, 0.29) is 24.0 Å². The minimum Gasteiger partial charge on any atom is -0.328 e. The molecule has 1 aliphatic carbocycles. The van der Waals surface area contributed by atoms with E-state index in [1.165, 1.54) is 0 Å². The van der Waals surface area contributed by atoms with E-state index in [9.17, 15) is 4.79 Å². The molecule has 1 amide bonds. The predicted octanol–water partition coefficient (Wildman–Crippen LogP) is 1.97. The molecule has 112 valence electrons. The van der Waals surface area contributed by atoms with Crippen molar-refractivity contribution in [1.29, 1.82) is 0 Å². The molecule has 0 radical (unpaired) electrons. The van der Waals surface area contributed by atoms with E-state index >= 15 is 0 Å². The van der Waals surface area contributed by atoms with Crippen molar-refractivity contribution >= 4 is 5.91 Å². The fraction of sp³-hybridized carbons (Fsp3) is 0.933. The highest BCUT2D eigenvalue weighted by Crippen LogP contribution is 2.58. The molecule has 5 rings (SSSR count). The summed E-state index contributed by atoms with van der Waals surface area (Å²) in [5.74, 6) is 0.452. The largest absolute Gasteiger partial charge is 0.328 e. The maximum absolute atomic E-state index is 12.2. The molecule has 20 heavy (non-hydrogen) atoms. The Kier molecular flexibility index (Phi) is 2.58. The lowest BCUT2D eigenvalue weighted by atomic mass is 9.57. The van der Waals surface area contributed by atoms with Crippen LogP contribution in [0.15, 0.2) is 0 Å². The Labute approximate surface area is 119 Å². The van der Waals surface area contributed by atoms with Gasteiger partial charge >= 0.3 is 0 Å². The first-order valence-electron chi connectivity index (χ1n) is 7.81. The lowest BCUT2D eigenvalue weighted by Crippen LogP contribution is -2.74. The van der Waals surface area contributed by atoms with Crippen molar-refractivity contribution in [2.75, 3.05) is 0 Å². The summed E-state index contributed by atoms with van der Waals surface area (Å²) in [7, 11) is 0. The number of nitrogens with one attached hydrogen (secondary N) is 1. The molecule has 5 aliphatic rings. The highest BCUT2D eigenvalue weighted by atomic mass is 17.3. The Bertz CT molecular complexity index is 455. The number of ether oxygens (including phenoxy) is 1. The van der Waals surface area contributed by atoms with Crippen molar-refractivity contribution < 1.29 is 19.3 Å². The van der Waals surface area contributed by atoms with Gasteiger partial charge in [0.25, 0.3) is 0 Å². The van der Waals surface area contributed by atoms with Gasteiger partial charge in [0.05, 0.1) is 0 Å². The van der Waals surface area contributed by atoms with Crippen LogP contribution in [0.1, 0.15) is 46.5 Å². The maximum atomic E-state index is 12.2. The SMILES string of the molecule is C[C@@H]1CC[C@H]2[C@@H](C)C(=O)NC3O[C@@]4(C)CC[C@@H]1[C@]32OO4. The molecular formula is C15H23NO4. The van der Waals surface area contributed by atoms with Crippen LogP contribution in [0.25, 0.3) is 0 Å². The van der Waals surface area contributed by atoms with Crippen LogP contribution in [-0.4, -0.2) is 23.5 Å². The Hall–Kier alpha value is -0.650. The molecule has 1 unspecified atom stereocenters. The Morgan fingerprint density at radius 2 is 1.95 bits per heavy atom. The summed E-state index contributed by atoms with van der Waals surface area (Å²) in [6, 6.07) is 0. The van der Waals surface area contributed by atoms with Crippen LogP contribution in [0.5, 0.6) is 0 Å². The molecular weight excluding hydrogens is 258 g/mol. The summed E-state index contributed by atoms with van der Waals surface area (Å²) in [6.07, 6.45) is 3.64. The zero-order valence-corrected chi connectivity index (χ0v) is 12.3. The zero-order valence-electron chi connectivity index (χ0n) is 12.3. The molecule has 0 aromatic heterocycles. The molecule has 4 aliphatic heterocycles. The van der Waals surface area contributed by atoms with Gasteiger partial charge < -0.3 is 10.1 Å². The standard InChI is InChI=1S/C15H23NO4/c1-8-4-5-11-9(2)12(17)16-13-15(11)10(8)6-7-14(3,18-13)19-20-15/h8-11,13H,4-7H2,1-3H3,(H,16,17)/t8-,9-,10+,11+,13?,14-,15-/m1/s1. The van der Waals surface area contributed by atoms with Crippen molar-refractivity contribution in [3.05, 3.63) is 0 Å². The smallest absolute Gasteiger partial charge is 0.225 e. The van der Waals surface area contributed by atoms with Crippen molar-refractivity contribution in [2.24, 2.45) is 23.7 Å². The minimum atomic E-state index is -0.731. The van der Waals surface area contributed by atoms with Crippen LogP contribution in [0.2, 0.25) is 0 Å². The summed E-state index contributed by atoms with van der Waals surface area (Å²) < 4.78 is 6.12. The second-order valence-electron chi connectivity index (χ2n) is 7.26. The molecule has 4 heterocycles. The first-order valence-corrected chi connectivity index (χ1v) is 7.81. The fourth-order valence-corrected chi connectivity index (χ4v) is 4.92. The Balaban J connectivity index is 1.84. The number of piperidine rings is 1. The van der Waals surface area contributed by atoms with Crippen molar-refractivity contribution in [1.82, 2.24) is 5.32 Å². The Morgan fingerprint density at radius 1 is 1.15 bits per heavy atom. The summed E-state index contributed by atoms with van der Waals surface area (Å²) >= 11 is 0. The fourth-order valence-electron chi connectivity index (χ4n) is 4.92. The lowest BCUT2D eigenvalue weighted by Gasteiger charge is -2.58. The number of fused-ring (bicyclic) bond motifs is 2. The zero-order chi connectivity index (χ0) is 14.1. The number of hydrogen-bond acceptors (Lipinski definition) is 4. The van der Waals surface area contributed by atoms with Crippen LogP contribution in [0.3, 0.4) is 0 Å². The molecule has 1 saturated carbocycles. The van der Waals surface area contributed by atoms with Crippen molar-refractivity contribution in [3.8, 4) is 0 Å². The first kappa shape index (κ1) is 13.0. The molecule has 5 fully saturated rings. The molecule has 0 aromatic rings. The van der Waals surface area contributed by atoms with Gasteiger partial charge in [-0.15, -0.1) is 0 Å². The van der Waals surface area contributed by atoms with E-state index in [0.717, 1.165) is 25.7 Å². The maximum Gasteiger partial charge on any atom is 0.225 e. The highest BCUT2D eigenvalue weighted by molar-refractivity contribution is 5.80. The van der Waals surface area contributed by atoms with Gasteiger partial charge in [0.15, 0.2) is 11.8 Å². The third-order valence-electron chi connectivity index (χ3n) is 6.12. The van der Waals surface area contributed by atoms with E-state index < -0.39 is 11.4 Å². The van der Waals surface area contributed by atoms with Crippen LogP contribution in [0.4, 0.5) is 0 Å². The van der Waals surface area contributed by atoms with Gasteiger partial charge in [0.2, 0.25) is 11.7 Å². The van der Waals surface area contributed by atoms with E-state index in [0.29, 0.717) is 11.8 Å². The van der Waals surface area contributed by atoms with Crippen LogP contribution < -0.4 is 5.32 Å².